The number of hydrogen-bond acceptors (Lipinski definition) is 2. The summed E-state index contributed by atoms with van der Waals surface area (Å²) in [5.41, 5.74) is 0.515. The van der Waals surface area contributed by atoms with Gasteiger partial charge in [-0.15, -0.1) is 6.58 Å². The van der Waals surface area contributed by atoms with E-state index < -0.39 is 5.97 Å². The van der Waals surface area contributed by atoms with Crippen molar-refractivity contribution in [3.05, 3.63) is 41.9 Å². The number of nitrogens with zero attached hydrogens (tertiary/aromatic N) is 2. The largest absolute Gasteiger partial charge is 0.480 e. The Kier molecular flexibility index (Phi) is 4.85. The normalized spacial score (nSPS) is 13.6. The number of carbonyl (C=O) groups excluding carboxylic acids is 1. The molecule has 1 aromatic rings. The molecule has 0 bridgehead atoms. The lowest BCUT2D eigenvalue weighted by Crippen LogP contribution is -2.46. The molecule has 1 saturated carbocycles. The van der Waals surface area contributed by atoms with Gasteiger partial charge in [-0.1, -0.05) is 17.7 Å². The fraction of sp³-hybridized carbons (Fsp3) is 0.333. The minimum absolute atomic E-state index is 0.180. The zero-order valence-corrected chi connectivity index (χ0v) is 12.3. The average Bonchev–Trinajstić information content (AvgIpc) is 3.27. The Bertz CT molecular complexity index is 540. The summed E-state index contributed by atoms with van der Waals surface area (Å²) >= 11 is 5.83. The number of hydrogen-bond donors (Lipinski definition) is 1. The first-order valence-corrected chi connectivity index (χ1v) is 7.07. The third-order valence-corrected chi connectivity index (χ3v) is 3.47. The Morgan fingerprint density at radius 1 is 1.33 bits per heavy atom. The van der Waals surface area contributed by atoms with Gasteiger partial charge < -0.3 is 10.0 Å². The summed E-state index contributed by atoms with van der Waals surface area (Å²) in [4.78, 5) is 26.6. The smallest absolute Gasteiger partial charge is 0.325 e. The predicted octanol–water partition coefficient (Wildman–Crippen LogP) is 3.00. The van der Waals surface area contributed by atoms with Crippen molar-refractivity contribution < 1.29 is 14.7 Å². The van der Waals surface area contributed by atoms with Gasteiger partial charge in [0.1, 0.15) is 6.54 Å². The molecule has 0 atom stereocenters. The Morgan fingerprint density at radius 3 is 2.43 bits per heavy atom. The van der Waals surface area contributed by atoms with Gasteiger partial charge in [0.05, 0.1) is 0 Å². The number of rotatable bonds is 6. The molecule has 0 unspecified atom stereocenters. The van der Waals surface area contributed by atoms with E-state index in [2.05, 4.69) is 6.58 Å². The summed E-state index contributed by atoms with van der Waals surface area (Å²) in [6.45, 7) is 3.67. The van der Waals surface area contributed by atoms with Crippen molar-refractivity contribution in [3.8, 4) is 0 Å². The summed E-state index contributed by atoms with van der Waals surface area (Å²) in [5, 5.41) is 9.59. The fourth-order valence-electron chi connectivity index (χ4n) is 2.09. The molecular formula is C15H17ClN2O3. The maximum Gasteiger partial charge on any atom is 0.325 e. The minimum Gasteiger partial charge on any atom is -0.480 e. The van der Waals surface area contributed by atoms with Crippen molar-refractivity contribution in [1.82, 2.24) is 4.90 Å². The highest BCUT2D eigenvalue weighted by Gasteiger charge is 2.35. The number of carboxylic acids is 1. The van der Waals surface area contributed by atoms with Gasteiger partial charge in [-0.25, -0.2) is 4.79 Å². The molecule has 1 N–H and O–H groups in total. The van der Waals surface area contributed by atoms with Crippen LogP contribution in [0.5, 0.6) is 0 Å². The second kappa shape index (κ2) is 6.63. The van der Waals surface area contributed by atoms with E-state index in [1.54, 1.807) is 35.2 Å². The van der Waals surface area contributed by atoms with E-state index in [0.29, 0.717) is 17.3 Å². The molecule has 6 heteroatoms. The molecule has 0 aromatic heterocycles. The lowest BCUT2D eigenvalue weighted by Gasteiger charge is -2.29. The van der Waals surface area contributed by atoms with Crippen molar-refractivity contribution in [1.29, 1.82) is 0 Å². The van der Waals surface area contributed by atoms with Crippen LogP contribution in [0, 0.1) is 0 Å². The molecule has 5 nitrogen and oxygen atoms in total. The number of anilines is 1. The van der Waals surface area contributed by atoms with Crippen LogP contribution in [-0.2, 0) is 4.79 Å². The van der Waals surface area contributed by atoms with Crippen LogP contribution in [-0.4, -0.2) is 41.1 Å². The zero-order valence-electron chi connectivity index (χ0n) is 11.5. The molecule has 0 saturated heterocycles. The summed E-state index contributed by atoms with van der Waals surface area (Å²) in [7, 11) is 0. The Morgan fingerprint density at radius 2 is 1.95 bits per heavy atom. The first-order valence-electron chi connectivity index (χ1n) is 6.69. The van der Waals surface area contributed by atoms with E-state index in [4.69, 9.17) is 16.7 Å². The monoisotopic (exact) mass is 308 g/mol. The second-order valence-corrected chi connectivity index (χ2v) is 5.35. The standard InChI is InChI=1S/C15H17ClN2O3/c1-2-9-17(12-7-8-12)15(21)18(10-14(19)20)13-5-3-11(16)4-6-13/h2-6,12H,1,7-10H2,(H,19,20). The zero-order chi connectivity index (χ0) is 15.4. The van der Waals surface area contributed by atoms with Crippen molar-refractivity contribution in [2.45, 2.75) is 18.9 Å². The molecule has 2 rings (SSSR count). The molecule has 0 aliphatic heterocycles. The van der Waals surface area contributed by atoms with Crippen molar-refractivity contribution in [2.24, 2.45) is 0 Å². The summed E-state index contributed by atoms with van der Waals surface area (Å²) < 4.78 is 0. The molecule has 112 valence electrons. The van der Waals surface area contributed by atoms with Gasteiger partial charge in [-0.2, -0.15) is 0 Å². The predicted molar refractivity (Wildman–Crippen MR) is 81.8 cm³/mol. The van der Waals surface area contributed by atoms with Crippen molar-refractivity contribution in [3.63, 3.8) is 0 Å². The SMILES string of the molecule is C=CCN(C(=O)N(CC(=O)O)c1ccc(Cl)cc1)C1CC1. The van der Waals surface area contributed by atoms with E-state index in [1.165, 1.54) is 4.90 Å². The molecule has 21 heavy (non-hydrogen) atoms. The van der Waals surface area contributed by atoms with Crippen molar-refractivity contribution in [2.75, 3.05) is 18.0 Å². The molecular weight excluding hydrogens is 292 g/mol. The topological polar surface area (TPSA) is 60.9 Å². The quantitative estimate of drug-likeness (QED) is 0.822. The average molecular weight is 309 g/mol. The summed E-state index contributed by atoms with van der Waals surface area (Å²) in [5.74, 6) is -1.06. The van der Waals surface area contributed by atoms with Crippen LogP contribution in [0.2, 0.25) is 5.02 Å². The van der Waals surface area contributed by atoms with E-state index in [-0.39, 0.29) is 18.6 Å². The number of amides is 2. The lowest BCUT2D eigenvalue weighted by atomic mass is 10.3. The van der Waals surface area contributed by atoms with Gasteiger partial charge in [0.25, 0.3) is 0 Å². The molecule has 1 fully saturated rings. The maximum absolute atomic E-state index is 12.6. The number of aliphatic carboxylic acids is 1. The lowest BCUT2D eigenvalue weighted by molar-refractivity contribution is -0.135. The van der Waals surface area contributed by atoms with Gasteiger partial charge in [0.2, 0.25) is 0 Å². The number of urea groups is 1. The highest BCUT2D eigenvalue weighted by atomic mass is 35.5. The third-order valence-electron chi connectivity index (χ3n) is 3.22. The van der Waals surface area contributed by atoms with Crippen LogP contribution in [0.1, 0.15) is 12.8 Å². The van der Waals surface area contributed by atoms with E-state index in [9.17, 15) is 9.59 Å². The molecule has 0 radical (unpaired) electrons. The summed E-state index contributed by atoms with van der Waals surface area (Å²) in [6, 6.07) is 6.41. The van der Waals surface area contributed by atoms with Gasteiger partial charge in [-0.05, 0) is 37.1 Å². The highest BCUT2D eigenvalue weighted by Crippen LogP contribution is 2.29. The molecule has 1 aliphatic rings. The van der Waals surface area contributed by atoms with Gasteiger partial charge in [0.15, 0.2) is 0 Å². The van der Waals surface area contributed by atoms with Gasteiger partial charge >= 0.3 is 12.0 Å². The van der Waals surface area contributed by atoms with Crippen LogP contribution in [0.15, 0.2) is 36.9 Å². The molecule has 0 spiro atoms. The third kappa shape index (κ3) is 3.98. The second-order valence-electron chi connectivity index (χ2n) is 4.91. The molecule has 2 amide bonds. The van der Waals surface area contributed by atoms with Gasteiger partial charge in [-0.3, -0.25) is 9.69 Å². The number of halogens is 1. The Labute approximate surface area is 128 Å². The van der Waals surface area contributed by atoms with E-state index in [1.807, 2.05) is 0 Å². The maximum atomic E-state index is 12.6. The van der Waals surface area contributed by atoms with Gasteiger partial charge in [0, 0.05) is 23.3 Å². The van der Waals surface area contributed by atoms with E-state index >= 15 is 0 Å². The molecule has 1 aliphatic carbocycles. The van der Waals surface area contributed by atoms with Crippen LogP contribution < -0.4 is 4.90 Å². The molecule has 0 heterocycles. The minimum atomic E-state index is -1.06. The Balaban J connectivity index is 2.25. The summed E-state index contributed by atoms with van der Waals surface area (Å²) in [6.07, 6.45) is 3.54. The molecule has 1 aromatic carbocycles. The first-order chi connectivity index (χ1) is 10.0. The van der Waals surface area contributed by atoms with E-state index in [0.717, 1.165) is 12.8 Å². The number of carboxylic acid groups (broad SMARTS) is 1. The Hall–Kier alpha value is -2.01. The van der Waals surface area contributed by atoms with Crippen LogP contribution >= 0.6 is 11.6 Å². The fourth-order valence-corrected chi connectivity index (χ4v) is 2.22. The number of carbonyl (C=O) groups is 2. The van der Waals surface area contributed by atoms with Crippen LogP contribution in [0.4, 0.5) is 10.5 Å². The van der Waals surface area contributed by atoms with Crippen LogP contribution in [0.3, 0.4) is 0 Å². The highest BCUT2D eigenvalue weighted by molar-refractivity contribution is 6.30. The number of benzene rings is 1. The first kappa shape index (κ1) is 15.4. The van der Waals surface area contributed by atoms with Crippen LogP contribution in [0.25, 0.3) is 0 Å². The van der Waals surface area contributed by atoms with Crippen molar-refractivity contribution >= 4 is 29.3 Å².